The van der Waals surface area contributed by atoms with Crippen molar-refractivity contribution in [3.63, 3.8) is 0 Å². The lowest BCUT2D eigenvalue weighted by atomic mass is 9.85. The minimum absolute atomic E-state index is 0.250. The first-order chi connectivity index (χ1) is 12.2. The number of benzene rings is 1. The van der Waals surface area contributed by atoms with Crippen LogP contribution in [-0.2, 0) is 13.0 Å². The second-order valence-electron chi connectivity index (χ2n) is 7.31. The number of rotatable bonds is 5. The van der Waals surface area contributed by atoms with E-state index in [1.807, 2.05) is 45.1 Å². The van der Waals surface area contributed by atoms with Crippen LogP contribution >= 0.6 is 0 Å². The van der Waals surface area contributed by atoms with E-state index in [0.29, 0.717) is 23.3 Å². The predicted octanol–water partition coefficient (Wildman–Crippen LogP) is 3.99. The molecule has 4 nitrogen and oxygen atoms in total. The number of aliphatic hydroxyl groups excluding tert-OH is 2. The summed E-state index contributed by atoms with van der Waals surface area (Å²) in [6.07, 6.45) is 9.12. The Hall–Kier alpha value is -2.17. The normalized spacial score (nSPS) is 18.9. The Morgan fingerprint density at radius 1 is 1.31 bits per heavy atom. The molecule has 1 aromatic carbocycles. The molecule has 0 unspecified atom stereocenters. The number of aliphatic hydroxyl groups is 2. The van der Waals surface area contributed by atoms with E-state index < -0.39 is 11.7 Å². The first-order valence-corrected chi connectivity index (χ1v) is 8.86. The summed E-state index contributed by atoms with van der Waals surface area (Å²) in [5.74, 6) is 0.00209. The number of carbonyl (C=O) groups excluding carboxylic acids is 1. The van der Waals surface area contributed by atoms with Gasteiger partial charge in [-0.15, -0.1) is 0 Å². The number of hydrogen-bond donors (Lipinski definition) is 2. The number of ketones is 1. The monoisotopic (exact) mass is 356 g/mol. The summed E-state index contributed by atoms with van der Waals surface area (Å²) in [4.78, 5) is 12.7. The van der Waals surface area contributed by atoms with Crippen LogP contribution in [0.1, 0.15) is 61.7 Å². The van der Waals surface area contributed by atoms with Gasteiger partial charge in [-0.05, 0) is 58.2 Å². The molecular formula is C22H28O4. The Morgan fingerprint density at radius 3 is 2.58 bits per heavy atom. The van der Waals surface area contributed by atoms with Gasteiger partial charge in [-0.1, -0.05) is 36.0 Å². The molecule has 26 heavy (non-hydrogen) atoms. The van der Waals surface area contributed by atoms with Gasteiger partial charge in [0.2, 0.25) is 0 Å². The fourth-order valence-corrected chi connectivity index (χ4v) is 2.99. The second kappa shape index (κ2) is 8.02. The third-order valence-electron chi connectivity index (χ3n) is 4.50. The molecule has 1 aliphatic rings. The lowest BCUT2D eigenvalue weighted by Gasteiger charge is -2.37. The maximum Gasteiger partial charge on any atom is 0.199 e. The first-order valence-electron chi connectivity index (χ1n) is 8.86. The van der Waals surface area contributed by atoms with Gasteiger partial charge in [0.25, 0.3) is 0 Å². The number of allylic oxidation sites excluding steroid dienone is 5. The molecule has 0 aliphatic carbocycles. The van der Waals surface area contributed by atoms with E-state index in [1.54, 1.807) is 19.9 Å². The quantitative estimate of drug-likeness (QED) is 0.618. The van der Waals surface area contributed by atoms with Gasteiger partial charge in [0.05, 0.1) is 12.2 Å². The van der Waals surface area contributed by atoms with Crippen LogP contribution in [0.2, 0.25) is 0 Å². The van der Waals surface area contributed by atoms with E-state index in [2.05, 4.69) is 6.08 Å². The number of Topliss-reactive ketones (excluding diaryl/α,β-unsaturated/α-hetero) is 1. The molecule has 0 spiro atoms. The third kappa shape index (κ3) is 3.97. The van der Waals surface area contributed by atoms with Gasteiger partial charge in [0, 0.05) is 5.56 Å². The van der Waals surface area contributed by atoms with Gasteiger partial charge in [-0.25, -0.2) is 0 Å². The SMILES string of the molecule is C/C=C/C=C/c1c(CC=C(C)C)cc2c(c1CO)OC(C)(C)[C@H](O)C2=O. The second-order valence-corrected chi connectivity index (χ2v) is 7.31. The van der Waals surface area contributed by atoms with E-state index >= 15 is 0 Å². The average Bonchev–Trinajstić information content (AvgIpc) is 2.58. The van der Waals surface area contributed by atoms with Crippen LogP contribution in [0.4, 0.5) is 0 Å². The van der Waals surface area contributed by atoms with Crippen molar-refractivity contribution in [3.8, 4) is 5.75 Å². The molecule has 1 aliphatic heterocycles. The molecule has 1 atom stereocenters. The van der Waals surface area contributed by atoms with E-state index in [1.165, 1.54) is 5.57 Å². The fourth-order valence-electron chi connectivity index (χ4n) is 2.99. The minimum Gasteiger partial charge on any atom is -0.483 e. The van der Waals surface area contributed by atoms with Crippen molar-refractivity contribution in [2.45, 2.75) is 59.4 Å². The Labute approximate surface area is 155 Å². The van der Waals surface area contributed by atoms with Gasteiger partial charge in [0.15, 0.2) is 11.9 Å². The Kier molecular flexibility index (Phi) is 6.21. The highest BCUT2D eigenvalue weighted by Gasteiger charge is 2.43. The van der Waals surface area contributed by atoms with Crippen LogP contribution in [0.5, 0.6) is 5.75 Å². The number of fused-ring (bicyclic) bond motifs is 1. The maximum atomic E-state index is 12.7. The van der Waals surface area contributed by atoms with E-state index in [9.17, 15) is 15.0 Å². The van der Waals surface area contributed by atoms with Crippen molar-refractivity contribution in [2.75, 3.05) is 0 Å². The highest BCUT2D eigenvalue weighted by Crippen LogP contribution is 2.40. The zero-order valence-corrected chi connectivity index (χ0v) is 16.2. The molecule has 140 valence electrons. The molecule has 0 amide bonds. The first kappa shape index (κ1) is 20.1. The molecule has 2 N–H and O–H groups in total. The van der Waals surface area contributed by atoms with Crippen LogP contribution in [0.15, 0.2) is 35.9 Å². The molecule has 1 aromatic rings. The third-order valence-corrected chi connectivity index (χ3v) is 4.50. The summed E-state index contributed by atoms with van der Waals surface area (Å²) < 4.78 is 5.95. The highest BCUT2D eigenvalue weighted by molar-refractivity contribution is 6.04. The van der Waals surface area contributed by atoms with Gasteiger partial charge >= 0.3 is 0 Å². The Morgan fingerprint density at radius 2 is 2.00 bits per heavy atom. The Bertz CT molecular complexity index is 778. The van der Waals surface area contributed by atoms with E-state index in [-0.39, 0.29) is 12.4 Å². The topological polar surface area (TPSA) is 66.8 Å². The summed E-state index contributed by atoms with van der Waals surface area (Å²) in [5, 5.41) is 20.3. The molecule has 2 rings (SSSR count). The molecule has 0 bridgehead atoms. The molecule has 0 aromatic heterocycles. The van der Waals surface area contributed by atoms with Crippen LogP contribution in [-0.4, -0.2) is 27.7 Å². The smallest absolute Gasteiger partial charge is 0.199 e. The largest absolute Gasteiger partial charge is 0.483 e. The van der Waals surface area contributed by atoms with Crippen molar-refractivity contribution in [1.82, 2.24) is 0 Å². The van der Waals surface area contributed by atoms with Gasteiger partial charge in [0.1, 0.15) is 11.4 Å². The molecule has 4 heteroatoms. The standard InChI is InChI=1S/C22H28O4/c1-6-7-8-9-16-15(11-10-14(2)3)12-17-19(24)21(25)22(4,5)26-20(17)18(16)13-23/h6-10,12,21,23,25H,11,13H2,1-5H3/b7-6+,9-8+/t21-/m1/s1. The molecule has 0 saturated heterocycles. The Balaban J connectivity index is 2.73. The van der Waals surface area contributed by atoms with Gasteiger partial charge < -0.3 is 14.9 Å². The lowest BCUT2D eigenvalue weighted by Crippen LogP contribution is -2.50. The number of carbonyl (C=O) groups is 1. The summed E-state index contributed by atoms with van der Waals surface area (Å²) in [6.45, 7) is 9.06. The molecule has 0 radical (unpaired) electrons. The van der Waals surface area contributed by atoms with Gasteiger partial charge in [-0.3, -0.25) is 4.79 Å². The maximum absolute atomic E-state index is 12.7. The van der Waals surface area contributed by atoms with Gasteiger partial charge in [-0.2, -0.15) is 0 Å². The van der Waals surface area contributed by atoms with Crippen LogP contribution in [0, 0.1) is 0 Å². The van der Waals surface area contributed by atoms with Crippen LogP contribution in [0.25, 0.3) is 6.08 Å². The highest BCUT2D eigenvalue weighted by atomic mass is 16.5. The van der Waals surface area contributed by atoms with Crippen molar-refractivity contribution < 1.29 is 19.7 Å². The minimum atomic E-state index is -1.23. The zero-order valence-electron chi connectivity index (χ0n) is 16.2. The van der Waals surface area contributed by atoms with E-state index in [4.69, 9.17) is 4.74 Å². The summed E-state index contributed by atoms with van der Waals surface area (Å²) in [7, 11) is 0. The number of ether oxygens (including phenoxy) is 1. The molecule has 0 saturated carbocycles. The lowest BCUT2D eigenvalue weighted by molar-refractivity contribution is -0.0260. The zero-order chi connectivity index (χ0) is 19.5. The summed E-state index contributed by atoms with van der Waals surface area (Å²) in [6, 6.07) is 1.78. The van der Waals surface area contributed by atoms with Crippen LogP contribution in [0.3, 0.4) is 0 Å². The predicted molar refractivity (Wildman–Crippen MR) is 104 cm³/mol. The van der Waals surface area contributed by atoms with Crippen molar-refractivity contribution in [2.24, 2.45) is 0 Å². The van der Waals surface area contributed by atoms with Crippen molar-refractivity contribution >= 4 is 11.9 Å². The molecule has 1 heterocycles. The summed E-state index contributed by atoms with van der Waals surface area (Å²) >= 11 is 0. The molecular weight excluding hydrogens is 328 g/mol. The number of hydrogen-bond acceptors (Lipinski definition) is 4. The summed E-state index contributed by atoms with van der Waals surface area (Å²) in [5.41, 5.74) is 2.80. The van der Waals surface area contributed by atoms with Crippen LogP contribution < -0.4 is 4.74 Å². The van der Waals surface area contributed by atoms with Crippen molar-refractivity contribution in [1.29, 1.82) is 0 Å². The average molecular weight is 356 g/mol. The molecule has 0 fully saturated rings. The van der Waals surface area contributed by atoms with Crippen molar-refractivity contribution in [3.05, 3.63) is 58.2 Å². The van der Waals surface area contributed by atoms with E-state index in [0.717, 1.165) is 11.1 Å². The fraction of sp³-hybridized carbons (Fsp3) is 0.409.